The summed E-state index contributed by atoms with van der Waals surface area (Å²) in [5, 5.41) is 7.52. The van der Waals surface area contributed by atoms with Crippen LogP contribution in [0.1, 0.15) is 37.3 Å². The van der Waals surface area contributed by atoms with Crippen molar-refractivity contribution >= 4 is 17.4 Å². The third kappa shape index (κ3) is 4.97. The molecule has 2 aromatic rings. The number of ether oxygens (including phenoxy) is 1. The van der Waals surface area contributed by atoms with Crippen LogP contribution in [-0.4, -0.2) is 55.6 Å². The number of nitrogens with zero attached hydrogens (tertiary/aromatic N) is 3. The van der Waals surface area contributed by atoms with Crippen molar-refractivity contribution in [2.45, 2.75) is 38.3 Å². The zero-order valence-electron chi connectivity index (χ0n) is 17.3. The summed E-state index contributed by atoms with van der Waals surface area (Å²) in [6.07, 6.45) is 6.56. The number of hydrogen-bond donors (Lipinski definition) is 2. The topological polar surface area (TPSA) is 63.8 Å². The van der Waals surface area contributed by atoms with Gasteiger partial charge in [-0.25, -0.2) is 4.68 Å². The highest BCUT2D eigenvalue weighted by molar-refractivity contribution is 5.90. The fourth-order valence-electron chi connectivity index (χ4n) is 4.47. The fourth-order valence-corrected chi connectivity index (χ4v) is 4.47. The molecule has 1 aliphatic carbocycles. The van der Waals surface area contributed by atoms with E-state index in [-0.39, 0.29) is 5.91 Å². The number of likely N-dealkylation sites (N-methyl/N-ethyl adjacent to an activating group) is 1. The Bertz CT molecular complexity index is 809. The number of amides is 1. The Kier molecular flexibility index (Phi) is 6.46. The largest absolute Gasteiger partial charge is 0.378 e. The van der Waals surface area contributed by atoms with Gasteiger partial charge in [-0.1, -0.05) is 31.0 Å². The van der Waals surface area contributed by atoms with E-state index < -0.39 is 0 Å². The van der Waals surface area contributed by atoms with Crippen molar-refractivity contribution in [2.24, 2.45) is 0 Å². The number of quaternary nitrogens is 1. The Morgan fingerprint density at radius 1 is 1.21 bits per heavy atom. The number of aromatic nitrogens is 2. The second-order valence-electron chi connectivity index (χ2n) is 8.19. The van der Waals surface area contributed by atoms with E-state index in [1.54, 1.807) is 6.20 Å². The lowest BCUT2D eigenvalue weighted by molar-refractivity contribution is -0.885. The van der Waals surface area contributed by atoms with Crippen molar-refractivity contribution in [3.05, 3.63) is 42.1 Å². The molecular weight excluding hydrogens is 366 g/mol. The molecule has 1 saturated carbocycles. The smallest absolute Gasteiger partial charge is 0.280 e. The molecule has 1 aromatic carbocycles. The van der Waals surface area contributed by atoms with Crippen molar-refractivity contribution in [1.82, 2.24) is 9.78 Å². The molecule has 1 aromatic heterocycles. The van der Waals surface area contributed by atoms with Gasteiger partial charge in [-0.15, -0.1) is 0 Å². The molecule has 7 nitrogen and oxygen atoms in total. The van der Waals surface area contributed by atoms with Crippen molar-refractivity contribution in [2.75, 3.05) is 50.1 Å². The van der Waals surface area contributed by atoms with Gasteiger partial charge in [-0.3, -0.25) is 4.79 Å². The molecular formula is C22H32N5O2+. The van der Waals surface area contributed by atoms with Gasteiger partial charge < -0.3 is 19.9 Å². The second-order valence-corrected chi connectivity index (χ2v) is 8.19. The highest BCUT2D eigenvalue weighted by Crippen LogP contribution is 2.31. The molecule has 2 heterocycles. The predicted molar refractivity (Wildman–Crippen MR) is 113 cm³/mol. The van der Waals surface area contributed by atoms with Crippen LogP contribution in [0.25, 0.3) is 0 Å². The van der Waals surface area contributed by atoms with E-state index in [9.17, 15) is 4.79 Å². The molecule has 1 amide bonds. The molecule has 2 N–H and O–H groups in total. The molecule has 1 saturated heterocycles. The molecule has 2 fully saturated rings. The highest BCUT2D eigenvalue weighted by Gasteiger charge is 2.22. The zero-order valence-corrected chi connectivity index (χ0v) is 17.3. The maximum Gasteiger partial charge on any atom is 0.280 e. The van der Waals surface area contributed by atoms with Crippen LogP contribution < -0.4 is 15.1 Å². The molecule has 0 radical (unpaired) electrons. The van der Waals surface area contributed by atoms with Gasteiger partial charge in [0.25, 0.3) is 5.91 Å². The fraction of sp³-hybridized carbons (Fsp3) is 0.545. The first-order chi connectivity index (χ1) is 14.2. The Hall–Kier alpha value is -2.38. The molecule has 7 heteroatoms. The Labute approximate surface area is 172 Å². The second kappa shape index (κ2) is 9.41. The molecule has 156 valence electrons. The summed E-state index contributed by atoms with van der Waals surface area (Å²) in [6, 6.07) is 10.8. The summed E-state index contributed by atoms with van der Waals surface area (Å²) in [6.45, 7) is 4.61. The van der Waals surface area contributed by atoms with Gasteiger partial charge in [0.2, 0.25) is 0 Å². The van der Waals surface area contributed by atoms with E-state index in [0.717, 1.165) is 56.4 Å². The van der Waals surface area contributed by atoms with Gasteiger partial charge in [0.1, 0.15) is 12.4 Å². The first-order valence-electron chi connectivity index (χ1n) is 10.8. The van der Waals surface area contributed by atoms with Crippen molar-refractivity contribution in [1.29, 1.82) is 0 Å². The number of rotatable bonds is 7. The van der Waals surface area contributed by atoms with E-state index in [1.807, 2.05) is 10.7 Å². The monoisotopic (exact) mass is 398 g/mol. The summed E-state index contributed by atoms with van der Waals surface area (Å²) in [5.74, 6) is 0.856. The minimum absolute atomic E-state index is 0.0334. The summed E-state index contributed by atoms with van der Waals surface area (Å²) >= 11 is 0. The predicted octanol–water partition coefficient (Wildman–Crippen LogP) is 1.49. The van der Waals surface area contributed by atoms with Crippen molar-refractivity contribution < 1.29 is 14.4 Å². The van der Waals surface area contributed by atoms with Crippen molar-refractivity contribution in [3.8, 4) is 0 Å². The summed E-state index contributed by atoms with van der Waals surface area (Å²) in [5.41, 5.74) is 2.53. The van der Waals surface area contributed by atoms with Crippen LogP contribution in [0.4, 0.5) is 11.5 Å². The number of nitrogens with one attached hydrogen (secondary N) is 2. The lowest BCUT2D eigenvalue weighted by Gasteiger charge is -2.30. The van der Waals surface area contributed by atoms with Crippen LogP contribution in [0, 0.1) is 0 Å². The summed E-state index contributed by atoms with van der Waals surface area (Å²) in [7, 11) is 2.07. The highest BCUT2D eigenvalue weighted by atomic mass is 16.5. The maximum absolute atomic E-state index is 12.7. The number of para-hydroxylation sites is 1. The Balaban J connectivity index is 1.35. The number of carbonyl (C=O) groups excluding carboxylic acids is 1. The lowest BCUT2D eigenvalue weighted by atomic mass is 10.1. The van der Waals surface area contributed by atoms with Crippen LogP contribution in [0.15, 0.2) is 36.5 Å². The molecule has 0 spiro atoms. The van der Waals surface area contributed by atoms with Gasteiger partial charge >= 0.3 is 0 Å². The quantitative estimate of drug-likeness (QED) is 0.742. The molecule has 29 heavy (non-hydrogen) atoms. The zero-order chi connectivity index (χ0) is 20.1. The average molecular weight is 399 g/mol. The van der Waals surface area contributed by atoms with Gasteiger partial charge in [-0.05, 0) is 18.9 Å². The van der Waals surface area contributed by atoms with E-state index >= 15 is 0 Å². The molecule has 1 atom stereocenters. The van der Waals surface area contributed by atoms with Gasteiger partial charge in [0.05, 0.1) is 32.5 Å². The van der Waals surface area contributed by atoms with Crippen molar-refractivity contribution in [3.63, 3.8) is 0 Å². The number of anilines is 2. The normalized spacial score (nSPS) is 18.7. The lowest BCUT2D eigenvalue weighted by Crippen LogP contribution is -3.08. The third-order valence-electron chi connectivity index (χ3n) is 5.91. The van der Waals surface area contributed by atoms with Crippen LogP contribution in [0.3, 0.4) is 0 Å². The molecule has 2 aliphatic rings. The Morgan fingerprint density at radius 3 is 2.76 bits per heavy atom. The van der Waals surface area contributed by atoms with Crippen LogP contribution in [0.2, 0.25) is 0 Å². The molecule has 0 bridgehead atoms. The van der Waals surface area contributed by atoms with E-state index in [4.69, 9.17) is 4.74 Å². The number of carbonyl (C=O) groups is 1. The van der Waals surface area contributed by atoms with Crippen LogP contribution in [0.5, 0.6) is 0 Å². The van der Waals surface area contributed by atoms with E-state index in [2.05, 4.69) is 46.6 Å². The number of benzene rings is 1. The minimum atomic E-state index is 0.0334. The third-order valence-corrected chi connectivity index (χ3v) is 5.91. The molecule has 4 rings (SSSR count). The molecule has 1 aliphatic heterocycles. The van der Waals surface area contributed by atoms with Gasteiger partial charge in [0, 0.05) is 30.4 Å². The minimum Gasteiger partial charge on any atom is -0.378 e. The SMILES string of the molecule is C[NH+](CC(=O)Nc1ccnn1C1CCCC1)Cc1ccccc1N1CCOCC1. The first-order valence-corrected chi connectivity index (χ1v) is 10.8. The van der Waals surface area contributed by atoms with Gasteiger partial charge in [-0.2, -0.15) is 5.10 Å². The summed E-state index contributed by atoms with van der Waals surface area (Å²) < 4.78 is 7.48. The summed E-state index contributed by atoms with van der Waals surface area (Å²) in [4.78, 5) is 16.2. The van der Waals surface area contributed by atoms with E-state index in [1.165, 1.54) is 24.1 Å². The molecule has 1 unspecified atom stereocenters. The van der Waals surface area contributed by atoms with Gasteiger partial charge in [0.15, 0.2) is 6.54 Å². The first kappa shape index (κ1) is 19.9. The number of morpholine rings is 1. The Morgan fingerprint density at radius 2 is 1.97 bits per heavy atom. The standard InChI is InChI=1S/C22H31N5O2/c1-25(16-18-6-2-5-9-20(18)26-12-14-29-15-13-26)17-22(28)24-21-10-11-23-27(21)19-7-3-4-8-19/h2,5-6,9-11,19H,3-4,7-8,12-17H2,1H3,(H,24,28)/p+1. The van der Waals surface area contributed by atoms with Crippen LogP contribution in [-0.2, 0) is 16.1 Å². The maximum atomic E-state index is 12.7. The average Bonchev–Trinajstić information content (AvgIpc) is 3.40. The van der Waals surface area contributed by atoms with E-state index in [0.29, 0.717) is 12.6 Å². The van der Waals surface area contributed by atoms with Crippen LogP contribution >= 0.6 is 0 Å². The number of hydrogen-bond acceptors (Lipinski definition) is 4.